The summed E-state index contributed by atoms with van der Waals surface area (Å²) in [6.45, 7) is 0.108. The molecule has 1 aromatic rings. The van der Waals surface area contributed by atoms with Gasteiger partial charge in [0.15, 0.2) is 0 Å². The molecule has 1 saturated heterocycles. The fourth-order valence-electron chi connectivity index (χ4n) is 1.90. The predicted molar refractivity (Wildman–Crippen MR) is 66.2 cm³/mol. The third kappa shape index (κ3) is 3.04. The summed E-state index contributed by atoms with van der Waals surface area (Å²) in [5.74, 6) is -1.66. The second-order valence-corrected chi connectivity index (χ2v) is 4.76. The average Bonchev–Trinajstić information content (AvgIpc) is 2.77. The van der Waals surface area contributed by atoms with Crippen molar-refractivity contribution in [1.29, 1.82) is 0 Å². The zero-order valence-corrected chi connectivity index (χ0v) is 10.8. The van der Waals surface area contributed by atoms with Gasteiger partial charge in [0.25, 0.3) is 0 Å². The molecule has 0 bridgehead atoms. The molecule has 1 aliphatic heterocycles. The lowest BCUT2D eigenvalue weighted by Crippen LogP contribution is -2.26. The molecule has 108 valence electrons. The van der Waals surface area contributed by atoms with Gasteiger partial charge in [-0.15, -0.1) is 0 Å². The van der Waals surface area contributed by atoms with Crippen LogP contribution in [-0.4, -0.2) is 18.4 Å². The molecule has 20 heavy (non-hydrogen) atoms. The van der Waals surface area contributed by atoms with Crippen LogP contribution in [0.1, 0.15) is 12.0 Å². The van der Waals surface area contributed by atoms with E-state index in [1.165, 1.54) is 6.07 Å². The Kier molecular flexibility index (Phi) is 3.89. The van der Waals surface area contributed by atoms with Gasteiger partial charge in [-0.3, -0.25) is 9.59 Å². The molecule has 2 rings (SSSR count). The fraction of sp³-hybridized carbons (Fsp3) is 0.333. The highest BCUT2D eigenvalue weighted by Crippen LogP contribution is 2.38. The van der Waals surface area contributed by atoms with Crippen LogP contribution in [0.2, 0.25) is 5.02 Å². The van der Waals surface area contributed by atoms with Crippen molar-refractivity contribution in [2.45, 2.75) is 12.6 Å². The number of anilines is 1. The Morgan fingerprint density at radius 2 is 2.10 bits per heavy atom. The smallest absolute Gasteiger partial charge is 0.355 e. The van der Waals surface area contributed by atoms with E-state index >= 15 is 0 Å². The maximum absolute atomic E-state index is 12.8. The number of rotatable bonds is 2. The topological polar surface area (TPSA) is 58.2 Å². The zero-order chi connectivity index (χ0) is 14.9. The standard InChI is InChI=1S/C12H10ClF3N2O2/c13-8-3-1-2-7(12(14,15)16)10(8)18-11(20)6-4-9(19)17-5-6/h1-3,6H,4-5H2,(H,17,19)(H,18,20). The minimum Gasteiger partial charge on any atom is -0.355 e. The molecule has 1 unspecified atom stereocenters. The average molecular weight is 307 g/mol. The second kappa shape index (κ2) is 5.32. The lowest BCUT2D eigenvalue weighted by Gasteiger charge is -2.16. The summed E-state index contributed by atoms with van der Waals surface area (Å²) in [7, 11) is 0. The van der Waals surface area contributed by atoms with Gasteiger partial charge < -0.3 is 10.6 Å². The molecule has 1 fully saturated rings. The quantitative estimate of drug-likeness (QED) is 0.881. The van der Waals surface area contributed by atoms with E-state index in [0.29, 0.717) is 0 Å². The van der Waals surface area contributed by atoms with E-state index < -0.39 is 29.3 Å². The molecule has 8 heteroatoms. The number of nitrogens with one attached hydrogen (secondary N) is 2. The third-order valence-electron chi connectivity index (χ3n) is 2.92. The van der Waals surface area contributed by atoms with Crippen molar-refractivity contribution in [3.63, 3.8) is 0 Å². The third-order valence-corrected chi connectivity index (χ3v) is 3.23. The first-order valence-corrected chi connectivity index (χ1v) is 6.10. The van der Waals surface area contributed by atoms with Crippen LogP contribution in [0.15, 0.2) is 18.2 Å². The highest BCUT2D eigenvalue weighted by Gasteiger charge is 2.36. The van der Waals surface area contributed by atoms with E-state index in [9.17, 15) is 22.8 Å². The van der Waals surface area contributed by atoms with Gasteiger partial charge in [-0.25, -0.2) is 0 Å². The van der Waals surface area contributed by atoms with Crippen molar-refractivity contribution in [3.05, 3.63) is 28.8 Å². The Labute approximate surface area is 117 Å². The van der Waals surface area contributed by atoms with Gasteiger partial charge >= 0.3 is 6.18 Å². The highest BCUT2D eigenvalue weighted by molar-refractivity contribution is 6.34. The van der Waals surface area contributed by atoms with E-state index in [2.05, 4.69) is 10.6 Å². The van der Waals surface area contributed by atoms with Crippen LogP contribution in [0.25, 0.3) is 0 Å². The molecule has 1 aliphatic rings. The SMILES string of the molecule is O=C1CC(C(=O)Nc2c(Cl)cccc2C(F)(F)F)CN1. The maximum atomic E-state index is 12.8. The molecular formula is C12H10ClF3N2O2. The number of hydrogen-bond acceptors (Lipinski definition) is 2. The van der Waals surface area contributed by atoms with Crippen LogP contribution in [0, 0.1) is 5.92 Å². The number of carbonyl (C=O) groups excluding carboxylic acids is 2. The van der Waals surface area contributed by atoms with E-state index in [0.717, 1.165) is 12.1 Å². The van der Waals surface area contributed by atoms with Crippen molar-refractivity contribution >= 4 is 29.1 Å². The lowest BCUT2D eigenvalue weighted by atomic mass is 10.1. The van der Waals surface area contributed by atoms with Gasteiger partial charge in [0.1, 0.15) is 0 Å². The summed E-state index contributed by atoms with van der Waals surface area (Å²) in [5, 5.41) is 4.40. The number of para-hydroxylation sites is 1. The summed E-state index contributed by atoms with van der Waals surface area (Å²) in [4.78, 5) is 22.9. The summed E-state index contributed by atoms with van der Waals surface area (Å²) in [6.07, 6.45) is -4.67. The summed E-state index contributed by atoms with van der Waals surface area (Å²) >= 11 is 5.72. The van der Waals surface area contributed by atoms with E-state index in [1.807, 2.05) is 0 Å². The second-order valence-electron chi connectivity index (χ2n) is 4.35. The molecule has 0 radical (unpaired) electrons. The number of amides is 2. The van der Waals surface area contributed by atoms with Gasteiger partial charge in [-0.1, -0.05) is 17.7 Å². The Hall–Kier alpha value is -1.76. The van der Waals surface area contributed by atoms with Crippen LogP contribution in [0.4, 0.5) is 18.9 Å². The van der Waals surface area contributed by atoms with Crippen molar-refractivity contribution < 1.29 is 22.8 Å². The predicted octanol–water partition coefficient (Wildman–Crippen LogP) is 2.43. The molecule has 4 nitrogen and oxygen atoms in total. The Morgan fingerprint density at radius 1 is 1.40 bits per heavy atom. The molecule has 2 N–H and O–H groups in total. The summed E-state index contributed by atoms with van der Waals surface area (Å²) in [5.41, 5.74) is -1.50. The molecule has 0 aliphatic carbocycles. The van der Waals surface area contributed by atoms with Gasteiger partial charge in [-0.05, 0) is 12.1 Å². The molecule has 1 atom stereocenters. The Morgan fingerprint density at radius 3 is 2.65 bits per heavy atom. The van der Waals surface area contributed by atoms with Gasteiger partial charge in [0, 0.05) is 13.0 Å². The maximum Gasteiger partial charge on any atom is 0.418 e. The minimum absolute atomic E-state index is 0.0440. The van der Waals surface area contributed by atoms with Crippen LogP contribution in [0.3, 0.4) is 0 Å². The van der Waals surface area contributed by atoms with E-state index in [-0.39, 0.29) is 23.9 Å². The van der Waals surface area contributed by atoms with Crippen LogP contribution >= 0.6 is 11.6 Å². The fourth-order valence-corrected chi connectivity index (χ4v) is 2.13. The molecule has 0 saturated carbocycles. The normalized spacial score (nSPS) is 18.8. The lowest BCUT2D eigenvalue weighted by molar-refractivity contribution is -0.137. The van der Waals surface area contributed by atoms with Crippen LogP contribution in [-0.2, 0) is 15.8 Å². The highest BCUT2D eigenvalue weighted by atomic mass is 35.5. The zero-order valence-electron chi connectivity index (χ0n) is 10.1. The number of carbonyl (C=O) groups is 2. The van der Waals surface area contributed by atoms with Crippen molar-refractivity contribution in [2.75, 3.05) is 11.9 Å². The molecule has 1 aromatic carbocycles. The molecule has 0 spiro atoms. The summed E-state index contributed by atoms with van der Waals surface area (Å²) in [6, 6.07) is 3.24. The van der Waals surface area contributed by atoms with E-state index in [1.54, 1.807) is 0 Å². The first kappa shape index (κ1) is 14.6. The molecule has 2 amide bonds. The summed E-state index contributed by atoms with van der Waals surface area (Å²) < 4.78 is 38.5. The van der Waals surface area contributed by atoms with Crippen LogP contribution < -0.4 is 10.6 Å². The van der Waals surface area contributed by atoms with Gasteiger partial charge in [0.05, 0.1) is 22.2 Å². The van der Waals surface area contributed by atoms with Gasteiger partial charge in [-0.2, -0.15) is 13.2 Å². The largest absolute Gasteiger partial charge is 0.418 e. The first-order chi connectivity index (χ1) is 9.29. The molecular weight excluding hydrogens is 297 g/mol. The van der Waals surface area contributed by atoms with Crippen LogP contribution in [0.5, 0.6) is 0 Å². The first-order valence-electron chi connectivity index (χ1n) is 5.72. The molecule has 0 aromatic heterocycles. The Bertz CT molecular complexity index is 560. The van der Waals surface area contributed by atoms with Crippen molar-refractivity contribution in [3.8, 4) is 0 Å². The number of benzene rings is 1. The minimum atomic E-state index is -4.63. The number of halogens is 4. The van der Waals surface area contributed by atoms with E-state index in [4.69, 9.17) is 11.6 Å². The van der Waals surface area contributed by atoms with Crippen molar-refractivity contribution in [1.82, 2.24) is 5.32 Å². The van der Waals surface area contributed by atoms with Crippen molar-refractivity contribution in [2.24, 2.45) is 5.92 Å². The molecule has 1 heterocycles. The monoisotopic (exact) mass is 306 g/mol. The number of alkyl halides is 3. The number of hydrogen-bond donors (Lipinski definition) is 2. The Balaban J connectivity index is 2.25. The van der Waals surface area contributed by atoms with Gasteiger partial charge in [0.2, 0.25) is 11.8 Å².